The SMILES string of the molecule is C#CC(C)OCC.CC#N.CCOC(C)[C@@H]1C(=O)N2[C@@H]1[C@H](OCc1ccccc1)[C@@H](OCc1ccccc1)[C@H]2COCc1ccccc1.[O-][N+]1=C[C@H](OCc2ccccc2)[C@@H](OCc2ccccc2)[C@H]1COCc1ccccc1. The molecule has 0 bridgehead atoms. The number of hydrogen-bond donors (Lipinski definition) is 0. The molecule has 0 N–H and O–H groups in total. The quantitative estimate of drug-likeness (QED) is 0.0234. The van der Waals surface area contributed by atoms with Crippen LogP contribution in [-0.2, 0) is 82.3 Å². The van der Waals surface area contributed by atoms with Crippen molar-refractivity contribution >= 4 is 12.1 Å². The van der Waals surface area contributed by atoms with E-state index in [4.69, 9.17) is 49.6 Å². The first-order chi connectivity index (χ1) is 38.7. The molecule has 6 aromatic carbocycles. The van der Waals surface area contributed by atoms with Gasteiger partial charge in [-0.15, -0.1) is 6.42 Å². The Morgan fingerprint density at radius 2 is 0.924 bits per heavy atom. The number of nitrogens with zero attached hydrogens (tertiary/aromatic N) is 3. The van der Waals surface area contributed by atoms with Crippen molar-refractivity contribution in [3.63, 3.8) is 0 Å². The van der Waals surface area contributed by atoms with Gasteiger partial charge in [0.05, 0.1) is 76.4 Å². The zero-order valence-corrected chi connectivity index (χ0v) is 46.2. The third kappa shape index (κ3) is 19.1. The molecule has 1 amide bonds. The van der Waals surface area contributed by atoms with Gasteiger partial charge in [-0.2, -0.15) is 5.26 Å². The van der Waals surface area contributed by atoms with Gasteiger partial charge in [-0.05, 0) is 61.1 Å². The van der Waals surface area contributed by atoms with Gasteiger partial charge in [-0.3, -0.25) is 4.79 Å². The lowest BCUT2D eigenvalue weighted by atomic mass is 9.82. The van der Waals surface area contributed by atoms with E-state index in [0.29, 0.717) is 59.5 Å². The Morgan fingerprint density at radius 3 is 1.32 bits per heavy atom. The standard InChI is InChI=1S/C32H37NO5.C26H27NO4.C6H10O.C2H3N/c1-3-36-23(2)28-29-31(38-21-26-17-11-6-12-18-26)30(37-20-25-15-9-5-10-16-25)27(33(29)32(28)34)22-35-19-24-13-7-4-8-14-24;28-27-16-25(30-18-22-12-6-2-7-13-22)26(31-19-23-14-8-3-9-15-23)24(27)20-29-17-21-10-4-1-5-11-21;1-4-6(3)7-5-2;1-2-3/h4-18,23,27-31H,3,19-22H2,1-2H3;1-16,24-26H,17-20H2;1,6H,5H2,2-3H3;1H3/t23?,27-,28+,29+,30+,31+;24-,25+,26+;;/m11../s1. The molecule has 3 aliphatic rings. The first-order valence-electron chi connectivity index (χ1n) is 27.2. The van der Waals surface area contributed by atoms with E-state index in [9.17, 15) is 10.0 Å². The van der Waals surface area contributed by atoms with E-state index in [1.165, 1.54) is 6.92 Å². The summed E-state index contributed by atoms with van der Waals surface area (Å²) in [5.41, 5.74) is 6.44. The molecule has 2 unspecified atom stereocenters. The number of amides is 1. The van der Waals surface area contributed by atoms with E-state index in [-0.39, 0.29) is 54.9 Å². The largest absolute Gasteiger partial charge is 0.624 e. The normalized spacial score (nSPS) is 21.4. The Bertz CT molecular complexity index is 2730. The molecule has 2 fully saturated rings. The number of β-lactam (4-membered cyclic amide) rings is 1. The van der Waals surface area contributed by atoms with Gasteiger partial charge in [-0.1, -0.05) is 188 Å². The number of hydrogen-bond acceptors (Lipinski definition) is 11. The van der Waals surface area contributed by atoms with Crippen molar-refractivity contribution in [3.8, 4) is 18.4 Å². The number of carbonyl (C=O) groups excluding carboxylic acids is 1. The molecule has 9 rings (SSSR count). The van der Waals surface area contributed by atoms with Crippen molar-refractivity contribution in [2.45, 2.75) is 129 Å². The summed E-state index contributed by atoms with van der Waals surface area (Å²) < 4.78 is 49.3. The van der Waals surface area contributed by atoms with Crippen molar-refractivity contribution in [2.75, 3.05) is 26.4 Å². The van der Waals surface area contributed by atoms with E-state index >= 15 is 0 Å². The zero-order valence-electron chi connectivity index (χ0n) is 46.2. The summed E-state index contributed by atoms with van der Waals surface area (Å²) in [4.78, 5) is 15.5. The van der Waals surface area contributed by atoms with Crippen molar-refractivity contribution in [1.82, 2.24) is 4.90 Å². The highest BCUT2D eigenvalue weighted by molar-refractivity contribution is 5.88. The fraction of sp³-hybridized carbons (Fsp3) is 0.379. The monoisotopic (exact) mass is 1070 g/mol. The Kier molecular flexibility index (Phi) is 26.4. The lowest BCUT2D eigenvalue weighted by Crippen LogP contribution is -2.66. The van der Waals surface area contributed by atoms with Crippen LogP contribution in [0.25, 0.3) is 0 Å². The Hall–Kier alpha value is -7.01. The molecule has 10 atom stereocenters. The smallest absolute Gasteiger partial charge is 0.231 e. The number of nitriles is 1. The topological polar surface area (TPSA) is 144 Å². The van der Waals surface area contributed by atoms with Crippen molar-refractivity contribution in [1.29, 1.82) is 5.26 Å². The maximum atomic E-state index is 13.5. The third-order valence-corrected chi connectivity index (χ3v) is 13.5. The number of rotatable bonds is 25. The van der Waals surface area contributed by atoms with E-state index in [1.807, 2.05) is 190 Å². The van der Waals surface area contributed by atoms with E-state index in [0.717, 1.165) is 38.1 Å². The molecule has 416 valence electrons. The van der Waals surface area contributed by atoms with Crippen LogP contribution >= 0.6 is 0 Å². The van der Waals surface area contributed by atoms with Crippen LogP contribution in [0, 0.1) is 34.8 Å². The first kappa shape index (κ1) is 61.2. The number of fused-ring (bicyclic) bond motifs is 1. The van der Waals surface area contributed by atoms with Crippen LogP contribution in [0.3, 0.4) is 0 Å². The predicted octanol–water partition coefficient (Wildman–Crippen LogP) is 10.9. The van der Waals surface area contributed by atoms with Crippen LogP contribution in [0.2, 0.25) is 0 Å². The van der Waals surface area contributed by atoms with E-state index in [2.05, 4.69) is 30.2 Å². The molecular formula is C66H77N3O10. The third-order valence-electron chi connectivity index (χ3n) is 13.5. The van der Waals surface area contributed by atoms with Gasteiger partial charge in [0.25, 0.3) is 0 Å². The molecule has 6 aromatic rings. The molecule has 79 heavy (non-hydrogen) atoms. The number of carbonyl (C=O) groups is 1. The summed E-state index contributed by atoms with van der Waals surface area (Å²) in [5, 5.41) is 20.0. The molecule has 13 heteroatoms. The summed E-state index contributed by atoms with van der Waals surface area (Å²) in [5.74, 6) is 2.26. The maximum Gasteiger partial charge on any atom is 0.231 e. The summed E-state index contributed by atoms with van der Waals surface area (Å²) in [6.45, 7) is 13.7. The molecule has 2 saturated heterocycles. The average Bonchev–Trinajstić information content (AvgIpc) is 4.18. The number of ether oxygens (including phenoxy) is 8. The van der Waals surface area contributed by atoms with Gasteiger partial charge in [0.2, 0.25) is 11.9 Å². The molecule has 0 saturated carbocycles. The fourth-order valence-electron chi connectivity index (χ4n) is 9.62. The van der Waals surface area contributed by atoms with Gasteiger partial charge in [0.1, 0.15) is 24.9 Å². The summed E-state index contributed by atoms with van der Waals surface area (Å²) >= 11 is 0. The average molecular weight is 1070 g/mol. The van der Waals surface area contributed by atoms with Gasteiger partial charge in [0.15, 0.2) is 18.4 Å². The molecule has 0 aliphatic carbocycles. The van der Waals surface area contributed by atoms with Gasteiger partial charge in [-0.25, -0.2) is 4.74 Å². The molecular weight excluding hydrogens is 995 g/mol. The van der Waals surface area contributed by atoms with Crippen LogP contribution in [-0.4, -0.2) is 103 Å². The second kappa shape index (κ2) is 34.1. The van der Waals surface area contributed by atoms with Crippen molar-refractivity contribution < 1.29 is 47.4 Å². The summed E-state index contributed by atoms with van der Waals surface area (Å²) in [7, 11) is 0. The minimum absolute atomic E-state index is 0.0231. The number of terminal acetylenes is 1. The predicted molar refractivity (Wildman–Crippen MR) is 306 cm³/mol. The second-order valence-corrected chi connectivity index (χ2v) is 19.1. The van der Waals surface area contributed by atoms with Crippen LogP contribution in [0.1, 0.15) is 68.0 Å². The van der Waals surface area contributed by atoms with Crippen molar-refractivity contribution in [2.24, 2.45) is 5.92 Å². The highest BCUT2D eigenvalue weighted by Gasteiger charge is 2.65. The lowest BCUT2D eigenvalue weighted by Gasteiger charge is -2.48. The maximum absolute atomic E-state index is 13.5. The van der Waals surface area contributed by atoms with Crippen LogP contribution in [0.5, 0.6) is 0 Å². The van der Waals surface area contributed by atoms with E-state index < -0.39 is 18.2 Å². The van der Waals surface area contributed by atoms with E-state index in [1.54, 1.807) is 12.3 Å². The molecule has 0 aromatic heterocycles. The Balaban J connectivity index is 0.000000221. The number of benzene rings is 6. The highest BCUT2D eigenvalue weighted by atomic mass is 16.6. The Morgan fingerprint density at radius 1 is 0.557 bits per heavy atom. The van der Waals surface area contributed by atoms with Gasteiger partial charge in [0, 0.05) is 20.1 Å². The second-order valence-electron chi connectivity index (χ2n) is 19.1. The molecule has 0 radical (unpaired) electrons. The Labute approximate surface area is 468 Å². The summed E-state index contributed by atoms with van der Waals surface area (Å²) in [6.07, 6.45) is 4.84. The minimum Gasteiger partial charge on any atom is -0.624 e. The van der Waals surface area contributed by atoms with Gasteiger partial charge >= 0.3 is 0 Å². The molecule has 3 aliphatic heterocycles. The van der Waals surface area contributed by atoms with Crippen molar-refractivity contribution in [3.05, 3.63) is 221 Å². The minimum atomic E-state index is -0.465. The first-order valence-corrected chi connectivity index (χ1v) is 27.2. The molecule has 13 nitrogen and oxygen atoms in total. The molecule has 3 heterocycles. The zero-order chi connectivity index (χ0) is 56.0. The van der Waals surface area contributed by atoms with Gasteiger partial charge < -0.3 is 48.0 Å². The highest BCUT2D eigenvalue weighted by Crippen LogP contribution is 2.45. The fourth-order valence-corrected chi connectivity index (χ4v) is 9.62. The van der Waals surface area contributed by atoms with Crippen LogP contribution in [0.4, 0.5) is 0 Å². The molecule has 0 spiro atoms. The lowest BCUT2D eigenvalue weighted by molar-refractivity contribution is -0.504. The van der Waals surface area contributed by atoms with Crippen LogP contribution < -0.4 is 0 Å². The van der Waals surface area contributed by atoms with Crippen LogP contribution in [0.15, 0.2) is 182 Å². The number of hydroxylamine groups is 1. The summed E-state index contributed by atoms with van der Waals surface area (Å²) in [6, 6.07) is 61.0.